The predicted octanol–water partition coefficient (Wildman–Crippen LogP) is 3.59. The lowest BCUT2D eigenvalue weighted by atomic mass is 9.97. The summed E-state index contributed by atoms with van der Waals surface area (Å²) in [7, 11) is 0. The van der Waals surface area contributed by atoms with Crippen molar-refractivity contribution in [2.24, 2.45) is 0 Å². The second-order valence-corrected chi connectivity index (χ2v) is 6.10. The summed E-state index contributed by atoms with van der Waals surface area (Å²) >= 11 is 0. The highest BCUT2D eigenvalue weighted by atomic mass is 15.2. The lowest BCUT2D eigenvalue weighted by Gasteiger charge is -2.39. The summed E-state index contributed by atoms with van der Waals surface area (Å²) in [6, 6.07) is 12.0. The van der Waals surface area contributed by atoms with E-state index < -0.39 is 0 Å². The van der Waals surface area contributed by atoms with E-state index in [1.807, 2.05) is 12.3 Å². The lowest BCUT2D eigenvalue weighted by Crippen LogP contribution is -2.47. The fourth-order valence-electron chi connectivity index (χ4n) is 3.33. The van der Waals surface area contributed by atoms with E-state index in [2.05, 4.69) is 53.3 Å². The van der Waals surface area contributed by atoms with Crippen LogP contribution in [-0.2, 0) is 0 Å². The van der Waals surface area contributed by atoms with Gasteiger partial charge in [0.2, 0.25) is 0 Å². The SMILES string of the molecule is CCCNC1CCN(c2ccc3ncccc3c2)C(C)C1. The Morgan fingerprint density at radius 3 is 3.05 bits per heavy atom. The van der Waals surface area contributed by atoms with Gasteiger partial charge in [-0.3, -0.25) is 4.98 Å². The molecule has 1 N–H and O–H groups in total. The molecule has 2 unspecified atom stereocenters. The first kappa shape index (κ1) is 14.3. The Bertz CT molecular complexity index is 596. The molecule has 2 atom stereocenters. The van der Waals surface area contributed by atoms with Crippen molar-refractivity contribution >= 4 is 16.6 Å². The topological polar surface area (TPSA) is 28.2 Å². The molecule has 0 bridgehead atoms. The van der Waals surface area contributed by atoms with Crippen LogP contribution in [0.15, 0.2) is 36.5 Å². The van der Waals surface area contributed by atoms with Crippen LogP contribution in [0.3, 0.4) is 0 Å². The van der Waals surface area contributed by atoms with Gasteiger partial charge in [-0.25, -0.2) is 0 Å². The predicted molar refractivity (Wildman–Crippen MR) is 89.9 cm³/mol. The minimum absolute atomic E-state index is 0.585. The van der Waals surface area contributed by atoms with Crippen LogP contribution in [0.25, 0.3) is 10.9 Å². The van der Waals surface area contributed by atoms with Gasteiger partial charge in [0, 0.05) is 35.9 Å². The Balaban J connectivity index is 1.74. The van der Waals surface area contributed by atoms with Crippen LogP contribution in [0, 0.1) is 0 Å². The van der Waals surface area contributed by atoms with E-state index in [4.69, 9.17) is 0 Å². The molecule has 2 heterocycles. The van der Waals surface area contributed by atoms with Crippen molar-refractivity contribution in [1.29, 1.82) is 0 Å². The summed E-state index contributed by atoms with van der Waals surface area (Å²) in [6.07, 6.45) is 5.53. The zero-order valence-corrected chi connectivity index (χ0v) is 13.0. The van der Waals surface area contributed by atoms with Crippen molar-refractivity contribution in [3.8, 4) is 0 Å². The molecule has 1 aromatic carbocycles. The van der Waals surface area contributed by atoms with Crippen molar-refractivity contribution < 1.29 is 0 Å². The number of anilines is 1. The highest BCUT2D eigenvalue weighted by Crippen LogP contribution is 2.27. The first-order valence-electron chi connectivity index (χ1n) is 8.12. The fourth-order valence-corrected chi connectivity index (χ4v) is 3.33. The third-order valence-electron chi connectivity index (χ3n) is 4.48. The quantitative estimate of drug-likeness (QED) is 0.929. The molecule has 1 aromatic heterocycles. The summed E-state index contributed by atoms with van der Waals surface area (Å²) in [6.45, 7) is 6.84. The van der Waals surface area contributed by atoms with Gasteiger partial charge in [0.1, 0.15) is 0 Å². The zero-order chi connectivity index (χ0) is 14.7. The van der Waals surface area contributed by atoms with Crippen molar-refractivity contribution in [2.75, 3.05) is 18.0 Å². The second-order valence-electron chi connectivity index (χ2n) is 6.10. The molecule has 21 heavy (non-hydrogen) atoms. The highest BCUT2D eigenvalue weighted by Gasteiger charge is 2.25. The van der Waals surface area contributed by atoms with E-state index in [9.17, 15) is 0 Å². The Morgan fingerprint density at radius 2 is 2.24 bits per heavy atom. The van der Waals surface area contributed by atoms with Gasteiger partial charge >= 0.3 is 0 Å². The van der Waals surface area contributed by atoms with Gasteiger partial charge in [-0.05, 0) is 57.0 Å². The standard InChI is InChI=1S/C18H25N3/c1-3-9-19-16-8-11-21(14(2)12-16)17-6-7-18-15(13-17)5-4-10-20-18/h4-7,10,13-14,16,19H,3,8-9,11-12H2,1-2H3. The molecule has 2 aromatic rings. The van der Waals surface area contributed by atoms with Gasteiger partial charge in [-0.2, -0.15) is 0 Å². The maximum atomic E-state index is 4.40. The number of nitrogens with one attached hydrogen (secondary N) is 1. The van der Waals surface area contributed by atoms with E-state index in [1.54, 1.807) is 0 Å². The number of rotatable bonds is 4. The van der Waals surface area contributed by atoms with Crippen LogP contribution in [0.1, 0.15) is 33.1 Å². The number of fused-ring (bicyclic) bond motifs is 1. The minimum atomic E-state index is 0.585. The van der Waals surface area contributed by atoms with Gasteiger partial charge in [0.05, 0.1) is 5.52 Å². The molecule has 3 heteroatoms. The van der Waals surface area contributed by atoms with Crippen LogP contribution in [0.2, 0.25) is 0 Å². The molecule has 3 rings (SSSR count). The van der Waals surface area contributed by atoms with Crippen LogP contribution in [-0.4, -0.2) is 30.2 Å². The Labute approximate surface area is 127 Å². The summed E-state index contributed by atoms with van der Waals surface area (Å²) in [5.41, 5.74) is 2.41. The van der Waals surface area contributed by atoms with E-state index in [0.29, 0.717) is 12.1 Å². The third-order valence-corrected chi connectivity index (χ3v) is 4.48. The van der Waals surface area contributed by atoms with Gasteiger partial charge in [0.15, 0.2) is 0 Å². The van der Waals surface area contributed by atoms with Crippen LogP contribution in [0.5, 0.6) is 0 Å². The molecule has 0 amide bonds. The van der Waals surface area contributed by atoms with Crippen molar-refractivity contribution in [3.05, 3.63) is 36.5 Å². The van der Waals surface area contributed by atoms with E-state index in [1.165, 1.54) is 30.3 Å². The first-order chi connectivity index (χ1) is 10.3. The van der Waals surface area contributed by atoms with Gasteiger partial charge in [0.25, 0.3) is 0 Å². The van der Waals surface area contributed by atoms with Crippen LogP contribution < -0.4 is 10.2 Å². The Morgan fingerprint density at radius 1 is 1.33 bits per heavy atom. The number of pyridine rings is 1. The van der Waals surface area contributed by atoms with Gasteiger partial charge in [-0.1, -0.05) is 13.0 Å². The average Bonchev–Trinajstić information content (AvgIpc) is 2.52. The maximum absolute atomic E-state index is 4.40. The van der Waals surface area contributed by atoms with Gasteiger partial charge < -0.3 is 10.2 Å². The highest BCUT2D eigenvalue weighted by molar-refractivity contribution is 5.82. The number of nitrogens with zero attached hydrogens (tertiary/aromatic N) is 2. The molecule has 1 fully saturated rings. The van der Waals surface area contributed by atoms with Crippen LogP contribution >= 0.6 is 0 Å². The van der Waals surface area contributed by atoms with Crippen molar-refractivity contribution in [1.82, 2.24) is 10.3 Å². The summed E-state index contributed by atoms with van der Waals surface area (Å²) in [4.78, 5) is 6.94. The summed E-state index contributed by atoms with van der Waals surface area (Å²) in [5, 5.41) is 4.90. The zero-order valence-electron chi connectivity index (χ0n) is 13.0. The second kappa shape index (κ2) is 6.44. The van der Waals surface area contributed by atoms with E-state index in [-0.39, 0.29) is 0 Å². The normalized spacial score (nSPS) is 22.7. The smallest absolute Gasteiger partial charge is 0.0703 e. The summed E-state index contributed by atoms with van der Waals surface area (Å²) < 4.78 is 0. The number of benzene rings is 1. The van der Waals surface area contributed by atoms with Crippen molar-refractivity contribution in [3.63, 3.8) is 0 Å². The monoisotopic (exact) mass is 283 g/mol. The van der Waals surface area contributed by atoms with Crippen molar-refractivity contribution in [2.45, 2.75) is 45.2 Å². The fraction of sp³-hybridized carbons (Fsp3) is 0.500. The van der Waals surface area contributed by atoms with Gasteiger partial charge in [-0.15, -0.1) is 0 Å². The molecule has 0 spiro atoms. The lowest BCUT2D eigenvalue weighted by molar-refractivity contribution is 0.369. The molecule has 1 aliphatic heterocycles. The number of aromatic nitrogens is 1. The van der Waals surface area contributed by atoms with E-state index in [0.717, 1.165) is 18.6 Å². The molecule has 112 valence electrons. The Hall–Kier alpha value is -1.61. The third kappa shape index (κ3) is 3.18. The molecule has 1 saturated heterocycles. The van der Waals surface area contributed by atoms with Crippen LogP contribution in [0.4, 0.5) is 5.69 Å². The molecular weight excluding hydrogens is 258 g/mol. The largest absolute Gasteiger partial charge is 0.369 e. The summed E-state index contributed by atoms with van der Waals surface area (Å²) in [5.74, 6) is 0. The minimum Gasteiger partial charge on any atom is -0.369 e. The first-order valence-corrected chi connectivity index (χ1v) is 8.12. The Kier molecular flexibility index (Phi) is 4.39. The molecule has 0 aliphatic carbocycles. The molecule has 0 radical (unpaired) electrons. The maximum Gasteiger partial charge on any atom is 0.0703 e. The number of piperidine rings is 1. The molecular formula is C18H25N3. The molecule has 0 saturated carbocycles. The number of hydrogen-bond donors (Lipinski definition) is 1. The average molecular weight is 283 g/mol. The molecule has 1 aliphatic rings. The molecule has 3 nitrogen and oxygen atoms in total. The van der Waals surface area contributed by atoms with E-state index >= 15 is 0 Å². The number of hydrogen-bond acceptors (Lipinski definition) is 3.